The number of carbonyl (C=O) groups is 1. The van der Waals surface area contributed by atoms with Gasteiger partial charge in [-0.05, 0) is 11.6 Å². The van der Waals surface area contributed by atoms with E-state index in [1.807, 2.05) is 0 Å². The topological polar surface area (TPSA) is 17.1 Å². The summed E-state index contributed by atoms with van der Waals surface area (Å²) in [5.74, 6) is -56.2. The number of hydrogen-bond acceptors (Lipinski definition) is 1. The van der Waals surface area contributed by atoms with E-state index in [1.165, 1.54) is 0 Å². The van der Waals surface area contributed by atoms with Crippen molar-refractivity contribution in [3.05, 3.63) is 0 Å². The number of halogens is 17. The van der Waals surface area contributed by atoms with Crippen LogP contribution in [0, 0.1) is 0 Å². The summed E-state index contributed by atoms with van der Waals surface area (Å²) in [6.45, 7) is 0. The Balaban J connectivity index is 6.69. The van der Waals surface area contributed by atoms with Crippen LogP contribution >= 0.6 is 11.6 Å². The van der Waals surface area contributed by atoms with Crippen LogP contribution < -0.4 is 0 Å². The molecule has 27 heavy (non-hydrogen) atoms. The van der Waals surface area contributed by atoms with Crippen molar-refractivity contribution in [3.63, 3.8) is 0 Å². The summed E-state index contributed by atoms with van der Waals surface area (Å²) in [5, 5.41) is -6.82. The first kappa shape index (κ1) is 25.8. The Bertz CT molecular complexity index is 575. The van der Waals surface area contributed by atoms with Crippen LogP contribution in [-0.2, 0) is 4.79 Å². The van der Waals surface area contributed by atoms with Crippen LogP contribution in [0.4, 0.5) is 70.2 Å². The van der Waals surface area contributed by atoms with Gasteiger partial charge in [0.15, 0.2) is 6.29 Å². The summed E-state index contributed by atoms with van der Waals surface area (Å²) in [5.41, 5.74) is 0. The van der Waals surface area contributed by atoms with Gasteiger partial charge in [0.05, 0.1) is 0 Å². The standard InChI is InChI=1S/C9HClF16O/c10-9(25,26)8(23,24)7(21,22)6(19,20)5(17,18)4(15,16)3(13,14)2(11,12)1-27/h1H. The Morgan fingerprint density at radius 2 is 0.667 bits per heavy atom. The second-order valence-corrected chi connectivity index (χ2v) is 5.16. The van der Waals surface area contributed by atoms with Crippen molar-refractivity contribution in [2.75, 3.05) is 0 Å². The largest absolute Gasteiger partial charge is 0.393 e. The molecular formula is C9HClF16O. The molecule has 1 nitrogen and oxygen atoms in total. The van der Waals surface area contributed by atoms with Gasteiger partial charge in [-0.1, -0.05) is 0 Å². The molecule has 0 spiro atoms. The molecule has 0 amide bonds. The SMILES string of the molecule is O=CC(F)(F)C(F)(F)C(F)(F)C(F)(F)C(F)(F)C(F)(F)C(F)(F)C(F)(F)Cl. The third kappa shape index (κ3) is 3.08. The molecular weight excluding hydrogens is 464 g/mol. The second-order valence-electron chi connectivity index (χ2n) is 4.68. The zero-order valence-corrected chi connectivity index (χ0v) is 12.2. The van der Waals surface area contributed by atoms with E-state index in [2.05, 4.69) is 11.6 Å². The maximum absolute atomic E-state index is 13.0. The predicted molar refractivity (Wildman–Crippen MR) is 51.5 cm³/mol. The molecule has 0 aromatic rings. The van der Waals surface area contributed by atoms with Gasteiger partial charge in [0.25, 0.3) is 0 Å². The lowest BCUT2D eigenvalue weighted by Crippen LogP contribution is -2.74. The van der Waals surface area contributed by atoms with Gasteiger partial charge in [0.1, 0.15) is 0 Å². The first-order valence-corrected chi connectivity index (χ1v) is 5.87. The van der Waals surface area contributed by atoms with Crippen LogP contribution in [0.15, 0.2) is 0 Å². The van der Waals surface area contributed by atoms with E-state index in [0.717, 1.165) is 0 Å². The highest BCUT2D eigenvalue weighted by Gasteiger charge is 2.94. The highest BCUT2D eigenvalue weighted by molar-refractivity contribution is 6.22. The Morgan fingerprint density at radius 3 is 0.889 bits per heavy atom. The van der Waals surface area contributed by atoms with Gasteiger partial charge in [0.2, 0.25) is 0 Å². The molecule has 0 unspecified atom stereocenters. The van der Waals surface area contributed by atoms with E-state index >= 15 is 0 Å². The van der Waals surface area contributed by atoms with Crippen LogP contribution in [-0.4, -0.2) is 53.1 Å². The van der Waals surface area contributed by atoms with Crippen LogP contribution in [0.3, 0.4) is 0 Å². The molecule has 0 saturated heterocycles. The smallest absolute Gasteiger partial charge is 0.296 e. The van der Waals surface area contributed by atoms with Crippen LogP contribution in [0.1, 0.15) is 0 Å². The molecule has 0 heterocycles. The molecule has 0 aromatic carbocycles. The fourth-order valence-electron chi connectivity index (χ4n) is 1.25. The molecule has 0 radical (unpaired) electrons. The van der Waals surface area contributed by atoms with E-state index < -0.39 is 53.1 Å². The first-order chi connectivity index (χ1) is 11.3. The number of carbonyl (C=O) groups excluding carboxylic acids is 1. The summed E-state index contributed by atoms with van der Waals surface area (Å²) >= 11 is 3.32. The average molecular weight is 465 g/mol. The molecule has 0 N–H and O–H groups in total. The van der Waals surface area contributed by atoms with Crippen molar-refractivity contribution in [1.82, 2.24) is 0 Å². The molecule has 0 atom stereocenters. The first-order valence-electron chi connectivity index (χ1n) is 5.49. The summed E-state index contributed by atoms with van der Waals surface area (Å²) < 4.78 is 204. The zero-order valence-electron chi connectivity index (χ0n) is 11.4. The maximum atomic E-state index is 13.0. The quantitative estimate of drug-likeness (QED) is 0.265. The Kier molecular flexibility index (Phi) is 5.90. The van der Waals surface area contributed by atoms with Crippen LogP contribution in [0.5, 0.6) is 0 Å². The Hall–Kier alpha value is -1.16. The summed E-state index contributed by atoms with van der Waals surface area (Å²) in [6, 6.07) is 0. The highest BCUT2D eigenvalue weighted by atomic mass is 35.5. The summed E-state index contributed by atoms with van der Waals surface area (Å²) in [4.78, 5) is 9.60. The molecule has 0 aromatic heterocycles. The van der Waals surface area contributed by atoms with E-state index in [4.69, 9.17) is 0 Å². The summed E-state index contributed by atoms with van der Waals surface area (Å²) in [6.07, 6.45) is -2.46. The van der Waals surface area contributed by atoms with Crippen molar-refractivity contribution >= 4 is 17.9 Å². The van der Waals surface area contributed by atoms with E-state index in [1.54, 1.807) is 0 Å². The molecule has 0 aliphatic heterocycles. The minimum atomic E-state index is -8.54. The minimum absolute atomic E-state index is 2.46. The van der Waals surface area contributed by atoms with E-state index in [-0.39, 0.29) is 0 Å². The summed E-state index contributed by atoms with van der Waals surface area (Å²) in [7, 11) is 0. The van der Waals surface area contributed by atoms with E-state index in [0.29, 0.717) is 0 Å². The van der Waals surface area contributed by atoms with Gasteiger partial charge in [-0.2, -0.15) is 70.2 Å². The van der Waals surface area contributed by atoms with Gasteiger partial charge in [-0.3, -0.25) is 4.79 Å². The van der Waals surface area contributed by atoms with Gasteiger partial charge in [0, 0.05) is 0 Å². The van der Waals surface area contributed by atoms with Crippen molar-refractivity contribution in [2.24, 2.45) is 0 Å². The van der Waals surface area contributed by atoms with Crippen molar-refractivity contribution in [3.8, 4) is 0 Å². The number of rotatable bonds is 8. The zero-order chi connectivity index (χ0) is 22.7. The molecule has 0 aliphatic rings. The monoisotopic (exact) mass is 464 g/mol. The normalized spacial score (nSPS) is 16.5. The maximum Gasteiger partial charge on any atom is 0.393 e. The lowest BCUT2D eigenvalue weighted by Gasteiger charge is -2.42. The lowest BCUT2D eigenvalue weighted by atomic mass is 9.89. The fraction of sp³-hybridized carbons (Fsp3) is 0.889. The number of alkyl halides is 17. The molecule has 0 rings (SSSR count). The van der Waals surface area contributed by atoms with Crippen molar-refractivity contribution in [2.45, 2.75) is 46.8 Å². The van der Waals surface area contributed by atoms with Crippen LogP contribution in [0.2, 0.25) is 0 Å². The molecule has 0 aliphatic carbocycles. The molecule has 0 saturated carbocycles. The molecule has 0 bridgehead atoms. The number of hydrogen-bond donors (Lipinski definition) is 0. The third-order valence-electron chi connectivity index (χ3n) is 2.89. The van der Waals surface area contributed by atoms with Crippen molar-refractivity contribution in [1.29, 1.82) is 0 Å². The highest BCUT2D eigenvalue weighted by Crippen LogP contribution is 2.63. The van der Waals surface area contributed by atoms with Crippen molar-refractivity contribution < 1.29 is 75.0 Å². The lowest BCUT2D eigenvalue weighted by molar-refractivity contribution is -0.445. The fourth-order valence-corrected chi connectivity index (χ4v) is 1.37. The molecule has 18 heteroatoms. The Labute approximate surface area is 141 Å². The van der Waals surface area contributed by atoms with Gasteiger partial charge < -0.3 is 0 Å². The molecule has 162 valence electrons. The third-order valence-corrected chi connectivity index (χ3v) is 3.13. The van der Waals surface area contributed by atoms with Gasteiger partial charge >= 0.3 is 46.8 Å². The van der Waals surface area contributed by atoms with Crippen LogP contribution in [0.25, 0.3) is 0 Å². The van der Waals surface area contributed by atoms with Gasteiger partial charge in [-0.25, -0.2) is 0 Å². The van der Waals surface area contributed by atoms with E-state index in [9.17, 15) is 75.0 Å². The predicted octanol–water partition coefficient (Wildman–Crippen LogP) is 5.46. The molecule has 0 fully saturated rings. The average Bonchev–Trinajstić information content (AvgIpc) is 2.44. The second kappa shape index (κ2) is 6.17. The number of aldehydes is 1. The minimum Gasteiger partial charge on any atom is -0.296 e. The van der Waals surface area contributed by atoms with Gasteiger partial charge in [-0.15, -0.1) is 0 Å². The Morgan fingerprint density at radius 1 is 0.444 bits per heavy atom.